The molecule has 1 aromatic carbocycles. The zero-order valence-electron chi connectivity index (χ0n) is 14.7. The Morgan fingerprint density at radius 2 is 1.96 bits per heavy atom. The fourth-order valence-corrected chi connectivity index (χ4v) is 3.38. The Labute approximate surface area is 154 Å². The standard InChI is InChI=1S/C18H22BrN3O3/c1-18(2,3)25-17(24)21-8-6-13(7-9-21)22-11-20-15-5-4-12(19)10-14(15)16(22)23/h4-5,10-11,13H,6-9H2,1-3H3. The third-order valence-electron chi connectivity index (χ3n) is 4.25. The van der Waals surface area contributed by atoms with Crippen LogP contribution in [0.2, 0.25) is 0 Å². The van der Waals surface area contributed by atoms with Crippen molar-refractivity contribution in [2.45, 2.75) is 45.3 Å². The molecule has 0 aliphatic carbocycles. The van der Waals surface area contributed by atoms with Gasteiger partial charge in [0.15, 0.2) is 0 Å². The first kappa shape index (κ1) is 17.9. The zero-order chi connectivity index (χ0) is 18.2. The highest BCUT2D eigenvalue weighted by molar-refractivity contribution is 9.10. The van der Waals surface area contributed by atoms with Crippen molar-refractivity contribution in [3.05, 3.63) is 39.4 Å². The summed E-state index contributed by atoms with van der Waals surface area (Å²) in [7, 11) is 0. The third kappa shape index (κ3) is 4.03. The van der Waals surface area contributed by atoms with E-state index in [0.717, 1.165) is 4.47 Å². The van der Waals surface area contributed by atoms with Crippen LogP contribution < -0.4 is 5.56 Å². The van der Waals surface area contributed by atoms with Crippen LogP contribution in [-0.2, 0) is 4.74 Å². The third-order valence-corrected chi connectivity index (χ3v) is 4.75. The number of carbonyl (C=O) groups excluding carboxylic acids is 1. The first-order valence-electron chi connectivity index (χ1n) is 8.39. The van der Waals surface area contributed by atoms with Crippen molar-refractivity contribution in [2.75, 3.05) is 13.1 Å². The first-order valence-corrected chi connectivity index (χ1v) is 9.18. The number of halogens is 1. The molecular formula is C18H22BrN3O3. The fraction of sp³-hybridized carbons (Fsp3) is 0.500. The number of fused-ring (bicyclic) bond motifs is 1. The lowest BCUT2D eigenvalue weighted by Gasteiger charge is -2.34. The van der Waals surface area contributed by atoms with Gasteiger partial charge in [-0.2, -0.15) is 0 Å². The number of benzene rings is 1. The molecule has 0 radical (unpaired) electrons. The average Bonchev–Trinajstić information content (AvgIpc) is 2.54. The number of rotatable bonds is 1. The van der Waals surface area contributed by atoms with E-state index in [4.69, 9.17) is 4.74 Å². The Balaban J connectivity index is 1.75. The summed E-state index contributed by atoms with van der Waals surface area (Å²) in [5, 5.41) is 0.603. The molecule has 0 spiro atoms. The van der Waals surface area contributed by atoms with Crippen molar-refractivity contribution in [3.63, 3.8) is 0 Å². The first-order chi connectivity index (χ1) is 11.7. The average molecular weight is 408 g/mol. The van der Waals surface area contributed by atoms with Gasteiger partial charge in [0.05, 0.1) is 17.2 Å². The van der Waals surface area contributed by atoms with Gasteiger partial charge in [-0.25, -0.2) is 9.78 Å². The minimum atomic E-state index is -0.499. The Hall–Kier alpha value is -1.89. The van der Waals surface area contributed by atoms with Crippen molar-refractivity contribution in [1.82, 2.24) is 14.5 Å². The van der Waals surface area contributed by atoms with Gasteiger partial charge in [0.25, 0.3) is 5.56 Å². The van der Waals surface area contributed by atoms with Gasteiger partial charge in [0.2, 0.25) is 0 Å². The van der Waals surface area contributed by atoms with Gasteiger partial charge >= 0.3 is 6.09 Å². The minimum absolute atomic E-state index is 0.0398. The van der Waals surface area contributed by atoms with Crippen LogP contribution in [0.5, 0.6) is 0 Å². The number of amides is 1. The van der Waals surface area contributed by atoms with Crippen LogP contribution in [-0.4, -0.2) is 39.2 Å². The summed E-state index contributed by atoms with van der Waals surface area (Å²) in [6.45, 7) is 6.72. The molecular weight excluding hydrogens is 386 g/mol. The van der Waals surface area contributed by atoms with E-state index < -0.39 is 5.60 Å². The van der Waals surface area contributed by atoms with E-state index in [0.29, 0.717) is 36.8 Å². The molecule has 25 heavy (non-hydrogen) atoms. The molecule has 1 aromatic heterocycles. The molecule has 0 bridgehead atoms. The summed E-state index contributed by atoms with van der Waals surface area (Å²) in [5.74, 6) is 0. The second-order valence-corrected chi connectivity index (χ2v) is 8.23. The van der Waals surface area contributed by atoms with Gasteiger partial charge in [-0.1, -0.05) is 15.9 Å². The molecule has 1 aliphatic rings. The van der Waals surface area contributed by atoms with Crippen LogP contribution >= 0.6 is 15.9 Å². The Bertz CT molecular complexity index is 849. The number of carbonyl (C=O) groups is 1. The van der Waals surface area contributed by atoms with Gasteiger partial charge in [0, 0.05) is 23.6 Å². The van der Waals surface area contributed by atoms with E-state index in [9.17, 15) is 9.59 Å². The monoisotopic (exact) mass is 407 g/mol. The van der Waals surface area contributed by atoms with Crippen molar-refractivity contribution in [2.24, 2.45) is 0 Å². The maximum atomic E-state index is 12.8. The number of hydrogen-bond acceptors (Lipinski definition) is 4. The predicted octanol–water partition coefficient (Wildman–Crippen LogP) is 3.73. The Morgan fingerprint density at radius 1 is 1.28 bits per heavy atom. The molecule has 7 heteroatoms. The Kier molecular flexibility index (Phi) is 4.86. The largest absolute Gasteiger partial charge is 0.444 e. The number of ether oxygens (including phenoxy) is 1. The molecule has 0 unspecified atom stereocenters. The lowest BCUT2D eigenvalue weighted by molar-refractivity contribution is 0.0187. The maximum absolute atomic E-state index is 12.8. The molecule has 1 aliphatic heterocycles. The molecule has 0 atom stereocenters. The lowest BCUT2D eigenvalue weighted by atomic mass is 10.0. The minimum Gasteiger partial charge on any atom is -0.444 e. The quantitative estimate of drug-likeness (QED) is 0.722. The van der Waals surface area contributed by atoms with E-state index >= 15 is 0 Å². The summed E-state index contributed by atoms with van der Waals surface area (Å²) in [4.78, 5) is 31.0. The van der Waals surface area contributed by atoms with Crippen molar-refractivity contribution in [1.29, 1.82) is 0 Å². The summed E-state index contributed by atoms with van der Waals surface area (Å²) >= 11 is 3.40. The Morgan fingerprint density at radius 3 is 2.60 bits per heavy atom. The SMILES string of the molecule is CC(C)(C)OC(=O)N1CCC(n2cnc3ccc(Br)cc3c2=O)CC1. The molecule has 0 saturated carbocycles. The second-order valence-electron chi connectivity index (χ2n) is 7.32. The molecule has 3 rings (SSSR count). The molecule has 1 fully saturated rings. The molecule has 6 nitrogen and oxygen atoms in total. The molecule has 1 saturated heterocycles. The van der Waals surface area contributed by atoms with Crippen molar-refractivity contribution >= 4 is 32.9 Å². The van der Waals surface area contributed by atoms with Crippen LogP contribution in [0.25, 0.3) is 10.9 Å². The molecule has 2 heterocycles. The number of nitrogens with zero attached hydrogens (tertiary/aromatic N) is 3. The van der Waals surface area contributed by atoms with Crippen molar-refractivity contribution < 1.29 is 9.53 Å². The smallest absolute Gasteiger partial charge is 0.410 e. The summed E-state index contributed by atoms with van der Waals surface area (Å²) in [5.41, 5.74) is 0.151. The normalized spacial score (nSPS) is 16.2. The van der Waals surface area contributed by atoms with E-state index in [-0.39, 0.29) is 17.7 Å². The predicted molar refractivity (Wildman–Crippen MR) is 99.8 cm³/mol. The molecule has 134 valence electrons. The summed E-state index contributed by atoms with van der Waals surface area (Å²) in [6, 6.07) is 5.55. The maximum Gasteiger partial charge on any atom is 0.410 e. The van der Waals surface area contributed by atoms with Gasteiger partial charge in [-0.3, -0.25) is 9.36 Å². The molecule has 0 N–H and O–H groups in total. The highest BCUT2D eigenvalue weighted by Gasteiger charge is 2.28. The summed E-state index contributed by atoms with van der Waals surface area (Å²) in [6.07, 6.45) is 2.74. The van der Waals surface area contributed by atoms with Crippen LogP contribution in [0, 0.1) is 0 Å². The van der Waals surface area contributed by atoms with E-state index in [1.54, 1.807) is 21.9 Å². The fourth-order valence-electron chi connectivity index (χ4n) is 3.02. The van der Waals surface area contributed by atoms with E-state index in [2.05, 4.69) is 20.9 Å². The highest BCUT2D eigenvalue weighted by atomic mass is 79.9. The number of hydrogen-bond donors (Lipinski definition) is 0. The van der Waals surface area contributed by atoms with Gasteiger partial charge < -0.3 is 9.64 Å². The van der Waals surface area contributed by atoms with Crippen LogP contribution in [0.4, 0.5) is 4.79 Å². The molecule has 2 aromatic rings. The van der Waals surface area contributed by atoms with Gasteiger partial charge in [0.1, 0.15) is 5.60 Å². The topological polar surface area (TPSA) is 64.4 Å². The van der Waals surface area contributed by atoms with Gasteiger partial charge in [-0.05, 0) is 51.8 Å². The molecule has 1 amide bonds. The van der Waals surface area contributed by atoms with E-state index in [1.165, 1.54) is 0 Å². The zero-order valence-corrected chi connectivity index (χ0v) is 16.2. The van der Waals surface area contributed by atoms with Crippen LogP contribution in [0.15, 0.2) is 33.8 Å². The number of aromatic nitrogens is 2. The van der Waals surface area contributed by atoms with Crippen LogP contribution in [0.1, 0.15) is 39.7 Å². The highest BCUT2D eigenvalue weighted by Crippen LogP contribution is 2.23. The van der Waals surface area contributed by atoms with Gasteiger partial charge in [-0.15, -0.1) is 0 Å². The number of likely N-dealkylation sites (tertiary alicyclic amines) is 1. The number of piperidine rings is 1. The lowest BCUT2D eigenvalue weighted by Crippen LogP contribution is -2.43. The van der Waals surface area contributed by atoms with Crippen molar-refractivity contribution in [3.8, 4) is 0 Å². The second kappa shape index (κ2) is 6.78. The van der Waals surface area contributed by atoms with Crippen LogP contribution in [0.3, 0.4) is 0 Å². The summed E-state index contributed by atoms with van der Waals surface area (Å²) < 4.78 is 7.97. The van der Waals surface area contributed by atoms with E-state index in [1.807, 2.05) is 32.9 Å².